The molecule has 0 aliphatic heterocycles. The van der Waals surface area contributed by atoms with Crippen LogP contribution in [-0.4, -0.2) is 21.4 Å². The average molecular weight is 389 g/mol. The number of amides is 1. The number of unbranched alkanes of at least 4 members (excludes halogenated alkanes) is 3. The van der Waals surface area contributed by atoms with Crippen LogP contribution in [0.15, 0.2) is 42.6 Å². The van der Waals surface area contributed by atoms with E-state index in [0.29, 0.717) is 13.0 Å². The topological polar surface area (TPSA) is 25.2 Å². The van der Waals surface area contributed by atoms with Gasteiger partial charge in [0.25, 0.3) is 0 Å². The number of hydrogen-bond acceptors (Lipinski definition) is 1. The van der Waals surface area contributed by atoms with Crippen molar-refractivity contribution in [2.24, 2.45) is 0 Å². The predicted molar refractivity (Wildman–Crippen MR) is 114 cm³/mol. The van der Waals surface area contributed by atoms with Crippen LogP contribution < -0.4 is 0 Å². The van der Waals surface area contributed by atoms with Gasteiger partial charge in [-0.05, 0) is 49.6 Å². The third-order valence-corrected chi connectivity index (χ3v) is 5.42. The first-order valence-electron chi connectivity index (χ1n) is 10.2. The lowest BCUT2D eigenvalue weighted by molar-refractivity contribution is -0.134. The number of rotatable bonds is 11. The Labute approximate surface area is 169 Å². The molecule has 148 valence electrons. The Morgan fingerprint density at radius 2 is 1.96 bits per heavy atom. The van der Waals surface area contributed by atoms with Gasteiger partial charge in [0.15, 0.2) is 0 Å². The van der Waals surface area contributed by atoms with Crippen LogP contribution in [0, 0.1) is 0 Å². The number of carbonyl (C=O) groups excluding carboxylic acids is 1. The van der Waals surface area contributed by atoms with Crippen LogP contribution in [0.25, 0.3) is 0 Å². The van der Waals surface area contributed by atoms with E-state index in [-0.39, 0.29) is 11.9 Å². The number of nitrogens with zero attached hydrogens (tertiary/aromatic N) is 2. The summed E-state index contributed by atoms with van der Waals surface area (Å²) >= 11 is 6.12. The minimum absolute atomic E-state index is 0.248. The minimum atomic E-state index is 0.248. The van der Waals surface area contributed by atoms with Crippen LogP contribution in [0.4, 0.5) is 0 Å². The zero-order valence-electron chi connectivity index (χ0n) is 17.0. The van der Waals surface area contributed by atoms with Crippen molar-refractivity contribution in [1.29, 1.82) is 0 Å². The van der Waals surface area contributed by atoms with Gasteiger partial charge in [-0.15, -0.1) is 0 Å². The Bertz CT molecular complexity index is 710. The molecule has 1 heterocycles. The Kier molecular flexibility index (Phi) is 8.93. The molecule has 1 aromatic carbocycles. The fourth-order valence-corrected chi connectivity index (χ4v) is 3.52. The maximum atomic E-state index is 12.8. The lowest BCUT2D eigenvalue weighted by Crippen LogP contribution is -2.38. The van der Waals surface area contributed by atoms with Gasteiger partial charge in [-0.25, -0.2) is 0 Å². The highest BCUT2D eigenvalue weighted by Gasteiger charge is 2.20. The van der Waals surface area contributed by atoms with E-state index in [9.17, 15) is 4.79 Å². The molecule has 0 N–H and O–H groups in total. The van der Waals surface area contributed by atoms with Crippen molar-refractivity contribution in [1.82, 2.24) is 9.47 Å². The summed E-state index contributed by atoms with van der Waals surface area (Å²) in [5, 5.41) is 0.754. The number of carbonyl (C=O) groups is 1. The summed E-state index contributed by atoms with van der Waals surface area (Å²) in [5.41, 5.74) is 2.33. The van der Waals surface area contributed by atoms with Crippen molar-refractivity contribution in [3.8, 4) is 0 Å². The van der Waals surface area contributed by atoms with E-state index in [0.717, 1.165) is 36.5 Å². The molecule has 0 spiro atoms. The summed E-state index contributed by atoms with van der Waals surface area (Å²) in [6, 6.07) is 12.4. The monoisotopic (exact) mass is 388 g/mol. The molecule has 3 nitrogen and oxygen atoms in total. The van der Waals surface area contributed by atoms with Gasteiger partial charge < -0.3 is 9.47 Å². The van der Waals surface area contributed by atoms with E-state index in [2.05, 4.69) is 54.6 Å². The lowest BCUT2D eigenvalue weighted by atomic mass is 10.1. The number of aromatic nitrogens is 1. The summed E-state index contributed by atoms with van der Waals surface area (Å²) in [7, 11) is 0. The van der Waals surface area contributed by atoms with E-state index in [1.807, 2.05) is 18.2 Å². The molecule has 0 fully saturated rings. The van der Waals surface area contributed by atoms with Crippen molar-refractivity contribution >= 4 is 17.5 Å². The SMILES string of the molecule is CCCCCCC(=O)N(Cc1cccn1Cc1cccc(Cl)c1)[C@@H](C)CC. The second kappa shape index (κ2) is 11.2. The van der Waals surface area contributed by atoms with Crippen molar-refractivity contribution in [3.63, 3.8) is 0 Å². The van der Waals surface area contributed by atoms with Gasteiger partial charge in [0.1, 0.15) is 0 Å². The second-order valence-electron chi connectivity index (χ2n) is 7.35. The van der Waals surface area contributed by atoms with E-state index < -0.39 is 0 Å². The molecule has 0 unspecified atom stereocenters. The molecule has 0 saturated carbocycles. The van der Waals surface area contributed by atoms with Gasteiger partial charge in [-0.2, -0.15) is 0 Å². The van der Waals surface area contributed by atoms with Gasteiger partial charge >= 0.3 is 0 Å². The summed E-state index contributed by atoms with van der Waals surface area (Å²) in [6.07, 6.45) is 8.23. The summed E-state index contributed by atoms with van der Waals surface area (Å²) in [6.45, 7) is 7.92. The maximum Gasteiger partial charge on any atom is 0.223 e. The molecular formula is C23H33ClN2O. The van der Waals surface area contributed by atoms with Crippen molar-refractivity contribution in [3.05, 3.63) is 58.9 Å². The summed E-state index contributed by atoms with van der Waals surface area (Å²) in [4.78, 5) is 14.9. The summed E-state index contributed by atoms with van der Waals surface area (Å²) < 4.78 is 2.21. The molecule has 0 aliphatic carbocycles. The minimum Gasteiger partial charge on any atom is -0.345 e. The van der Waals surface area contributed by atoms with Crippen LogP contribution in [0.3, 0.4) is 0 Å². The fourth-order valence-electron chi connectivity index (χ4n) is 3.31. The van der Waals surface area contributed by atoms with Crippen LogP contribution in [0.5, 0.6) is 0 Å². The van der Waals surface area contributed by atoms with E-state index in [1.165, 1.54) is 18.4 Å². The third kappa shape index (κ3) is 6.73. The molecule has 1 aromatic heterocycles. The summed E-state index contributed by atoms with van der Waals surface area (Å²) in [5.74, 6) is 0.274. The number of hydrogen-bond donors (Lipinski definition) is 0. The molecule has 2 rings (SSSR count). The van der Waals surface area contributed by atoms with Crippen LogP contribution in [0.2, 0.25) is 5.02 Å². The van der Waals surface area contributed by atoms with Gasteiger partial charge in [0.05, 0.1) is 6.54 Å². The maximum absolute atomic E-state index is 12.8. The van der Waals surface area contributed by atoms with E-state index >= 15 is 0 Å². The zero-order valence-corrected chi connectivity index (χ0v) is 17.7. The first kappa shape index (κ1) is 21.6. The highest BCUT2D eigenvalue weighted by molar-refractivity contribution is 6.30. The highest BCUT2D eigenvalue weighted by Crippen LogP contribution is 2.17. The fraction of sp³-hybridized carbons (Fsp3) is 0.522. The van der Waals surface area contributed by atoms with Gasteiger partial charge in [-0.3, -0.25) is 4.79 Å². The normalized spacial score (nSPS) is 12.1. The highest BCUT2D eigenvalue weighted by atomic mass is 35.5. The molecule has 4 heteroatoms. The quantitative estimate of drug-likeness (QED) is 0.415. The Hall–Kier alpha value is -1.74. The Morgan fingerprint density at radius 1 is 1.15 bits per heavy atom. The average Bonchev–Trinajstić information content (AvgIpc) is 3.09. The predicted octanol–water partition coefficient (Wildman–Crippen LogP) is 6.29. The standard InChI is InChI=1S/C23H33ClN2O/c1-4-6-7-8-14-23(27)26(19(3)5-2)18-22-13-10-15-25(22)17-20-11-9-12-21(24)16-20/h9-13,15-16,19H,4-8,14,17-18H2,1-3H3/t19-/m0/s1. The Balaban J connectivity index is 2.07. The Morgan fingerprint density at radius 3 is 2.67 bits per heavy atom. The molecule has 1 atom stereocenters. The van der Waals surface area contributed by atoms with Gasteiger partial charge in [-0.1, -0.05) is 56.8 Å². The van der Waals surface area contributed by atoms with Crippen molar-refractivity contribution < 1.29 is 4.79 Å². The second-order valence-corrected chi connectivity index (χ2v) is 7.78. The van der Waals surface area contributed by atoms with E-state index in [4.69, 9.17) is 11.6 Å². The van der Waals surface area contributed by atoms with Gasteiger partial charge in [0.2, 0.25) is 5.91 Å². The smallest absolute Gasteiger partial charge is 0.223 e. The third-order valence-electron chi connectivity index (χ3n) is 5.19. The van der Waals surface area contributed by atoms with E-state index in [1.54, 1.807) is 0 Å². The first-order valence-corrected chi connectivity index (χ1v) is 10.6. The van der Waals surface area contributed by atoms with Crippen LogP contribution in [-0.2, 0) is 17.9 Å². The van der Waals surface area contributed by atoms with Crippen LogP contribution in [0.1, 0.15) is 70.6 Å². The van der Waals surface area contributed by atoms with Gasteiger partial charge in [0, 0.05) is 35.9 Å². The van der Waals surface area contributed by atoms with Crippen LogP contribution >= 0.6 is 11.6 Å². The number of benzene rings is 1. The molecule has 0 radical (unpaired) electrons. The lowest BCUT2D eigenvalue weighted by Gasteiger charge is -2.29. The zero-order chi connectivity index (χ0) is 19.6. The molecule has 27 heavy (non-hydrogen) atoms. The van der Waals surface area contributed by atoms with Crippen molar-refractivity contribution in [2.75, 3.05) is 0 Å². The molecule has 2 aromatic rings. The molecule has 0 aliphatic rings. The number of halogens is 1. The largest absolute Gasteiger partial charge is 0.345 e. The molecular weight excluding hydrogens is 356 g/mol. The molecule has 0 bridgehead atoms. The first-order chi connectivity index (χ1) is 13.0. The molecule has 1 amide bonds. The molecule has 0 saturated heterocycles. The van der Waals surface area contributed by atoms with Crippen molar-refractivity contribution in [2.45, 2.75) is 78.4 Å².